The molecule has 0 aliphatic rings. The molecule has 2 rings (SSSR count). The molecule has 0 amide bonds. The molecule has 0 saturated heterocycles. The molecule has 0 spiro atoms. The fourth-order valence-corrected chi connectivity index (χ4v) is 2.29. The van der Waals surface area contributed by atoms with Gasteiger partial charge in [0.2, 0.25) is 0 Å². The van der Waals surface area contributed by atoms with Crippen molar-refractivity contribution in [2.75, 3.05) is 6.61 Å². The number of nitrogens with zero attached hydrogens (tertiary/aromatic N) is 3. The van der Waals surface area contributed by atoms with Crippen molar-refractivity contribution < 1.29 is 9.94 Å². The van der Waals surface area contributed by atoms with Crippen molar-refractivity contribution in [1.29, 1.82) is 0 Å². The van der Waals surface area contributed by atoms with E-state index in [9.17, 15) is 0 Å². The number of aryl methyl sites for hydroxylation is 3. The second kappa shape index (κ2) is 6.30. The summed E-state index contributed by atoms with van der Waals surface area (Å²) in [7, 11) is 1.91. The second-order valence-electron chi connectivity index (χ2n) is 4.97. The summed E-state index contributed by atoms with van der Waals surface area (Å²) in [6.45, 7) is 4.46. The lowest BCUT2D eigenvalue weighted by Gasteiger charge is -2.14. The fourth-order valence-electron chi connectivity index (χ4n) is 2.29. The van der Waals surface area contributed by atoms with Gasteiger partial charge in [0.15, 0.2) is 5.84 Å². The Morgan fingerprint density at radius 3 is 2.57 bits per heavy atom. The SMILES string of the molecule is Cc1cc(/C(N)=N/O)cc(C)c1OCCc1ccnn1C. The maximum absolute atomic E-state index is 8.74. The number of hydrogen-bond acceptors (Lipinski definition) is 4. The van der Waals surface area contributed by atoms with E-state index in [2.05, 4.69) is 10.3 Å². The number of aromatic nitrogens is 2. The predicted octanol–water partition coefficient (Wildman–Crippen LogP) is 1.75. The molecule has 0 aliphatic heterocycles. The van der Waals surface area contributed by atoms with E-state index in [1.165, 1.54) is 0 Å². The maximum Gasteiger partial charge on any atom is 0.170 e. The number of nitrogens with two attached hydrogens (primary N) is 1. The molecule has 0 unspecified atom stereocenters. The zero-order valence-corrected chi connectivity index (χ0v) is 12.5. The molecule has 6 heteroatoms. The van der Waals surface area contributed by atoms with Crippen LogP contribution in [0.5, 0.6) is 5.75 Å². The van der Waals surface area contributed by atoms with Crippen LogP contribution in [-0.2, 0) is 13.5 Å². The third-order valence-electron chi connectivity index (χ3n) is 3.39. The third-order valence-corrected chi connectivity index (χ3v) is 3.39. The van der Waals surface area contributed by atoms with Crippen LogP contribution in [0, 0.1) is 13.8 Å². The van der Waals surface area contributed by atoms with Gasteiger partial charge in [-0.2, -0.15) is 5.10 Å². The maximum atomic E-state index is 8.74. The first kappa shape index (κ1) is 14.9. The number of benzene rings is 1. The normalized spacial score (nSPS) is 11.7. The molecule has 21 heavy (non-hydrogen) atoms. The van der Waals surface area contributed by atoms with Crippen LogP contribution in [0.1, 0.15) is 22.4 Å². The minimum atomic E-state index is 0.0997. The highest BCUT2D eigenvalue weighted by Crippen LogP contribution is 2.25. The molecule has 1 aromatic heterocycles. The summed E-state index contributed by atoms with van der Waals surface area (Å²) in [5, 5.41) is 15.9. The van der Waals surface area contributed by atoms with Gasteiger partial charge in [-0.3, -0.25) is 4.68 Å². The Bertz CT molecular complexity index is 638. The number of oxime groups is 1. The van der Waals surface area contributed by atoms with Gasteiger partial charge in [0.1, 0.15) is 5.75 Å². The van der Waals surface area contributed by atoms with Crippen LogP contribution in [0.25, 0.3) is 0 Å². The van der Waals surface area contributed by atoms with Gasteiger partial charge in [0, 0.05) is 30.9 Å². The Morgan fingerprint density at radius 2 is 2.05 bits per heavy atom. The van der Waals surface area contributed by atoms with E-state index >= 15 is 0 Å². The lowest BCUT2D eigenvalue weighted by molar-refractivity contribution is 0.314. The Hall–Kier alpha value is -2.50. The molecule has 0 aliphatic carbocycles. The molecule has 2 aromatic rings. The molecule has 6 nitrogen and oxygen atoms in total. The fraction of sp³-hybridized carbons (Fsp3) is 0.333. The van der Waals surface area contributed by atoms with E-state index in [-0.39, 0.29) is 5.84 Å². The third kappa shape index (κ3) is 3.34. The smallest absolute Gasteiger partial charge is 0.170 e. The van der Waals surface area contributed by atoms with Crippen molar-refractivity contribution in [3.8, 4) is 5.75 Å². The highest BCUT2D eigenvalue weighted by atomic mass is 16.5. The van der Waals surface area contributed by atoms with Crippen LogP contribution in [0.4, 0.5) is 0 Å². The molecule has 0 bridgehead atoms. The Kier molecular flexibility index (Phi) is 4.47. The van der Waals surface area contributed by atoms with Gasteiger partial charge < -0.3 is 15.7 Å². The van der Waals surface area contributed by atoms with Crippen molar-refractivity contribution in [2.24, 2.45) is 17.9 Å². The molecule has 0 saturated carbocycles. The lowest BCUT2D eigenvalue weighted by atomic mass is 10.1. The lowest BCUT2D eigenvalue weighted by Crippen LogP contribution is -2.14. The van der Waals surface area contributed by atoms with Gasteiger partial charge in [0.25, 0.3) is 0 Å². The van der Waals surface area contributed by atoms with Gasteiger partial charge in [-0.15, -0.1) is 0 Å². The van der Waals surface area contributed by atoms with E-state index in [4.69, 9.17) is 15.7 Å². The van der Waals surface area contributed by atoms with Crippen molar-refractivity contribution in [1.82, 2.24) is 9.78 Å². The van der Waals surface area contributed by atoms with E-state index in [1.54, 1.807) is 6.20 Å². The Labute approximate surface area is 123 Å². The van der Waals surface area contributed by atoms with Gasteiger partial charge in [-0.1, -0.05) is 5.16 Å². The number of amidine groups is 1. The summed E-state index contributed by atoms with van der Waals surface area (Å²) in [6, 6.07) is 5.67. The van der Waals surface area contributed by atoms with Gasteiger partial charge >= 0.3 is 0 Å². The second-order valence-corrected chi connectivity index (χ2v) is 4.97. The van der Waals surface area contributed by atoms with Crippen LogP contribution in [0.3, 0.4) is 0 Å². The van der Waals surface area contributed by atoms with Gasteiger partial charge in [-0.25, -0.2) is 0 Å². The summed E-state index contributed by atoms with van der Waals surface area (Å²) in [5.74, 6) is 0.939. The minimum absolute atomic E-state index is 0.0997. The number of ether oxygens (including phenoxy) is 1. The first-order valence-corrected chi connectivity index (χ1v) is 6.71. The van der Waals surface area contributed by atoms with Crippen molar-refractivity contribution in [3.05, 3.63) is 46.8 Å². The molecule has 3 N–H and O–H groups in total. The Balaban J connectivity index is 2.08. The summed E-state index contributed by atoms with van der Waals surface area (Å²) >= 11 is 0. The van der Waals surface area contributed by atoms with Crippen LogP contribution < -0.4 is 10.5 Å². The standard InChI is InChI=1S/C15H20N4O2/c1-10-8-12(15(16)18-20)9-11(2)14(10)21-7-5-13-4-6-17-19(13)3/h4,6,8-9,20H,5,7H2,1-3H3,(H2,16,18). The van der Waals surface area contributed by atoms with E-state index in [0.717, 1.165) is 29.0 Å². The largest absolute Gasteiger partial charge is 0.493 e. The summed E-state index contributed by atoms with van der Waals surface area (Å²) in [6.07, 6.45) is 2.56. The molecule has 112 valence electrons. The quantitative estimate of drug-likeness (QED) is 0.380. The molecule has 0 atom stereocenters. The first-order chi connectivity index (χ1) is 10.0. The van der Waals surface area contributed by atoms with Gasteiger partial charge in [-0.05, 0) is 43.2 Å². The van der Waals surface area contributed by atoms with E-state index in [0.29, 0.717) is 12.2 Å². The molecule has 0 fully saturated rings. The average Bonchev–Trinajstić information content (AvgIpc) is 2.86. The van der Waals surface area contributed by atoms with Crippen LogP contribution in [0.15, 0.2) is 29.6 Å². The van der Waals surface area contributed by atoms with Crippen LogP contribution in [-0.4, -0.2) is 27.4 Å². The molecule has 1 heterocycles. The minimum Gasteiger partial charge on any atom is -0.493 e. The average molecular weight is 288 g/mol. The highest BCUT2D eigenvalue weighted by Gasteiger charge is 2.09. The van der Waals surface area contributed by atoms with Crippen LogP contribution >= 0.6 is 0 Å². The molecule has 0 radical (unpaired) electrons. The van der Waals surface area contributed by atoms with E-state index in [1.807, 2.05) is 43.8 Å². The van der Waals surface area contributed by atoms with Crippen molar-refractivity contribution in [2.45, 2.75) is 20.3 Å². The monoisotopic (exact) mass is 288 g/mol. The number of hydrogen-bond donors (Lipinski definition) is 2. The summed E-state index contributed by atoms with van der Waals surface area (Å²) in [4.78, 5) is 0. The highest BCUT2D eigenvalue weighted by molar-refractivity contribution is 5.97. The summed E-state index contributed by atoms with van der Waals surface area (Å²) < 4.78 is 7.72. The van der Waals surface area contributed by atoms with Crippen molar-refractivity contribution in [3.63, 3.8) is 0 Å². The van der Waals surface area contributed by atoms with Crippen LogP contribution in [0.2, 0.25) is 0 Å². The zero-order chi connectivity index (χ0) is 15.4. The molecule has 1 aromatic carbocycles. The van der Waals surface area contributed by atoms with Crippen molar-refractivity contribution >= 4 is 5.84 Å². The Morgan fingerprint density at radius 1 is 1.38 bits per heavy atom. The zero-order valence-electron chi connectivity index (χ0n) is 12.5. The topological polar surface area (TPSA) is 85.7 Å². The molecular weight excluding hydrogens is 268 g/mol. The first-order valence-electron chi connectivity index (χ1n) is 6.71. The van der Waals surface area contributed by atoms with E-state index < -0.39 is 0 Å². The predicted molar refractivity (Wildman–Crippen MR) is 80.8 cm³/mol. The molecular formula is C15H20N4O2. The number of rotatable bonds is 5. The van der Waals surface area contributed by atoms with Gasteiger partial charge in [0.05, 0.1) is 6.61 Å². The summed E-state index contributed by atoms with van der Waals surface area (Å²) in [5.41, 5.74) is 9.34.